The molecule has 0 unspecified atom stereocenters. The number of hydrogen-bond donors (Lipinski definition) is 2. The fourth-order valence-corrected chi connectivity index (χ4v) is 4.70. The van der Waals surface area contributed by atoms with Crippen molar-refractivity contribution in [3.63, 3.8) is 0 Å². The number of tetrazole rings is 1. The van der Waals surface area contributed by atoms with Crippen LogP contribution in [0.4, 0.5) is 5.95 Å². The number of methoxy groups -OCH3 is 1. The Hall–Kier alpha value is -4.57. The number of thiophene rings is 1. The van der Waals surface area contributed by atoms with Gasteiger partial charge in [0.1, 0.15) is 16.4 Å². The quantitative estimate of drug-likeness (QED) is 0.311. The fraction of sp³-hybridized carbons (Fsp3) is 0.0800. The standard InChI is InChI=1S/C25H19N5O4S/c1-14-12-20-18(13-19(14)33-2)22(23(35-20)24(32)26-25-27-29-30-28-25)34-17-10-8-16(9-11-17)21(31)15-6-4-3-5-7-15/h3-13H,1-2H3,(H2,26,27,28,29,30,32). The number of carbonyl (C=O) groups is 2. The van der Waals surface area contributed by atoms with Crippen LogP contribution >= 0.6 is 11.3 Å². The van der Waals surface area contributed by atoms with E-state index in [0.717, 1.165) is 15.6 Å². The molecular formula is C25H19N5O4S. The molecule has 0 aliphatic heterocycles. The highest BCUT2D eigenvalue weighted by Gasteiger charge is 2.23. The summed E-state index contributed by atoms with van der Waals surface area (Å²) in [6, 6.07) is 19.6. The number of nitrogens with one attached hydrogen (secondary N) is 2. The van der Waals surface area contributed by atoms with Gasteiger partial charge in [-0.3, -0.25) is 14.9 Å². The number of aromatic amines is 1. The summed E-state index contributed by atoms with van der Waals surface area (Å²) in [5.41, 5.74) is 2.07. The van der Waals surface area contributed by atoms with Crippen LogP contribution in [0.25, 0.3) is 10.1 Å². The van der Waals surface area contributed by atoms with Crippen molar-refractivity contribution in [3.05, 3.63) is 88.3 Å². The Morgan fingerprint density at radius 3 is 2.43 bits per heavy atom. The maximum atomic E-state index is 13.1. The molecule has 2 aromatic heterocycles. The number of benzene rings is 3. The molecule has 5 rings (SSSR count). The van der Waals surface area contributed by atoms with Crippen molar-refractivity contribution in [1.29, 1.82) is 0 Å². The normalized spacial score (nSPS) is 10.8. The predicted molar refractivity (Wildman–Crippen MR) is 132 cm³/mol. The minimum atomic E-state index is -0.435. The molecule has 9 nitrogen and oxygen atoms in total. The molecule has 174 valence electrons. The number of rotatable bonds is 7. The van der Waals surface area contributed by atoms with Crippen molar-refractivity contribution in [2.24, 2.45) is 0 Å². The van der Waals surface area contributed by atoms with E-state index in [0.29, 0.717) is 33.3 Å². The summed E-state index contributed by atoms with van der Waals surface area (Å²) < 4.78 is 12.5. The third kappa shape index (κ3) is 4.46. The molecule has 2 heterocycles. The first-order valence-corrected chi connectivity index (χ1v) is 11.4. The minimum Gasteiger partial charge on any atom is -0.496 e. The molecule has 0 fully saturated rings. The molecule has 35 heavy (non-hydrogen) atoms. The fourth-order valence-electron chi connectivity index (χ4n) is 3.59. The SMILES string of the molecule is COc1cc2c(Oc3ccc(C(=O)c4ccccc4)cc3)c(C(=O)Nc3nn[nH]n3)sc2cc1C. The highest BCUT2D eigenvalue weighted by Crippen LogP contribution is 2.43. The first-order valence-electron chi connectivity index (χ1n) is 10.6. The van der Waals surface area contributed by atoms with Crippen LogP contribution in [0.15, 0.2) is 66.7 Å². The van der Waals surface area contributed by atoms with Crippen LogP contribution in [-0.2, 0) is 0 Å². The third-order valence-electron chi connectivity index (χ3n) is 5.31. The number of aromatic nitrogens is 4. The van der Waals surface area contributed by atoms with Gasteiger partial charge in [0.2, 0.25) is 0 Å². The average molecular weight is 486 g/mol. The molecule has 0 saturated carbocycles. The highest BCUT2D eigenvalue weighted by atomic mass is 32.1. The number of nitrogens with zero attached hydrogens (tertiary/aromatic N) is 3. The molecule has 3 aromatic carbocycles. The zero-order valence-corrected chi connectivity index (χ0v) is 19.6. The summed E-state index contributed by atoms with van der Waals surface area (Å²) in [5.74, 6) is 1.05. The van der Waals surface area contributed by atoms with Gasteiger partial charge < -0.3 is 9.47 Å². The van der Waals surface area contributed by atoms with Crippen LogP contribution in [0.1, 0.15) is 31.2 Å². The topological polar surface area (TPSA) is 119 Å². The molecule has 0 atom stereocenters. The molecule has 0 aliphatic rings. The molecule has 0 bridgehead atoms. The Morgan fingerprint density at radius 1 is 1.00 bits per heavy atom. The second-order valence-corrected chi connectivity index (χ2v) is 8.64. The van der Waals surface area contributed by atoms with Crippen molar-refractivity contribution >= 4 is 39.1 Å². The lowest BCUT2D eigenvalue weighted by molar-refractivity contribution is 0.102. The van der Waals surface area contributed by atoms with Gasteiger partial charge in [0.05, 0.1) is 7.11 Å². The summed E-state index contributed by atoms with van der Waals surface area (Å²) in [6.07, 6.45) is 0. The number of H-pyrrole nitrogens is 1. The van der Waals surface area contributed by atoms with Crippen molar-refractivity contribution in [1.82, 2.24) is 20.6 Å². The number of carbonyl (C=O) groups excluding carboxylic acids is 2. The van der Waals surface area contributed by atoms with Crippen molar-refractivity contribution in [2.45, 2.75) is 6.92 Å². The van der Waals surface area contributed by atoms with E-state index >= 15 is 0 Å². The van der Waals surface area contributed by atoms with Gasteiger partial charge >= 0.3 is 0 Å². The predicted octanol–water partition coefficient (Wildman–Crippen LogP) is 5.01. The van der Waals surface area contributed by atoms with Crippen molar-refractivity contribution in [3.8, 4) is 17.2 Å². The zero-order chi connectivity index (χ0) is 24.4. The Balaban J connectivity index is 1.50. The first kappa shape index (κ1) is 22.2. The second kappa shape index (κ2) is 9.35. The Kier molecular flexibility index (Phi) is 5.94. The van der Waals surface area contributed by atoms with Gasteiger partial charge in [-0.1, -0.05) is 35.4 Å². The Morgan fingerprint density at radius 2 is 1.74 bits per heavy atom. The Labute approximate surface area is 203 Å². The summed E-state index contributed by atoms with van der Waals surface area (Å²) >= 11 is 1.28. The van der Waals surface area contributed by atoms with Crippen LogP contribution in [0, 0.1) is 6.92 Å². The molecule has 2 N–H and O–H groups in total. The first-order chi connectivity index (χ1) is 17.0. The van der Waals surface area contributed by atoms with E-state index in [-0.39, 0.29) is 11.7 Å². The monoisotopic (exact) mass is 485 g/mol. The van der Waals surface area contributed by atoms with E-state index in [1.165, 1.54) is 11.3 Å². The number of ketones is 1. The molecule has 5 aromatic rings. The largest absolute Gasteiger partial charge is 0.496 e. The number of amides is 1. The summed E-state index contributed by atoms with van der Waals surface area (Å²) in [4.78, 5) is 26.1. The maximum absolute atomic E-state index is 13.1. The van der Waals surface area contributed by atoms with E-state index in [1.807, 2.05) is 37.3 Å². The van der Waals surface area contributed by atoms with E-state index in [9.17, 15) is 9.59 Å². The molecule has 0 spiro atoms. The number of ether oxygens (including phenoxy) is 2. The molecule has 0 aliphatic carbocycles. The second-order valence-electron chi connectivity index (χ2n) is 7.59. The molecule has 1 amide bonds. The van der Waals surface area contributed by atoms with E-state index < -0.39 is 5.91 Å². The lowest BCUT2D eigenvalue weighted by atomic mass is 10.0. The molecule has 0 radical (unpaired) electrons. The summed E-state index contributed by atoms with van der Waals surface area (Å²) in [7, 11) is 1.59. The number of anilines is 1. The minimum absolute atomic E-state index is 0.0518. The number of fused-ring (bicyclic) bond motifs is 1. The molecule has 0 saturated heterocycles. The molecular weight excluding hydrogens is 466 g/mol. The smallest absolute Gasteiger partial charge is 0.272 e. The molecule has 10 heteroatoms. The van der Waals surface area contributed by atoms with Gasteiger partial charge in [-0.25, -0.2) is 0 Å². The van der Waals surface area contributed by atoms with Gasteiger partial charge in [-0.15, -0.1) is 16.4 Å². The zero-order valence-electron chi connectivity index (χ0n) is 18.7. The number of hydrogen-bond acceptors (Lipinski definition) is 8. The lowest BCUT2D eigenvalue weighted by Gasteiger charge is -2.10. The maximum Gasteiger partial charge on any atom is 0.272 e. The van der Waals surface area contributed by atoms with Gasteiger partial charge in [0.25, 0.3) is 11.9 Å². The van der Waals surface area contributed by atoms with E-state index in [1.54, 1.807) is 43.5 Å². The highest BCUT2D eigenvalue weighted by molar-refractivity contribution is 7.21. The number of aryl methyl sites for hydroxylation is 1. The summed E-state index contributed by atoms with van der Waals surface area (Å²) in [6.45, 7) is 1.93. The van der Waals surface area contributed by atoms with Gasteiger partial charge in [0.15, 0.2) is 11.5 Å². The van der Waals surface area contributed by atoms with Crippen molar-refractivity contribution in [2.75, 3.05) is 12.4 Å². The van der Waals surface area contributed by atoms with Gasteiger partial charge in [-0.2, -0.15) is 5.21 Å². The average Bonchev–Trinajstić information content (AvgIpc) is 3.52. The van der Waals surface area contributed by atoms with Crippen LogP contribution in [-0.4, -0.2) is 39.4 Å². The van der Waals surface area contributed by atoms with Crippen LogP contribution in [0.3, 0.4) is 0 Å². The van der Waals surface area contributed by atoms with Crippen molar-refractivity contribution < 1.29 is 19.1 Å². The van der Waals surface area contributed by atoms with E-state index in [4.69, 9.17) is 9.47 Å². The van der Waals surface area contributed by atoms with Crippen LogP contribution in [0.5, 0.6) is 17.2 Å². The Bertz CT molecular complexity index is 1510. The van der Waals surface area contributed by atoms with Gasteiger partial charge in [-0.05, 0) is 54.1 Å². The third-order valence-corrected chi connectivity index (χ3v) is 6.44. The van der Waals surface area contributed by atoms with Crippen LogP contribution < -0.4 is 14.8 Å². The van der Waals surface area contributed by atoms with Crippen LogP contribution in [0.2, 0.25) is 0 Å². The van der Waals surface area contributed by atoms with Gasteiger partial charge in [0, 0.05) is 21.2 Å². The van der Waals surface area contributed by atoms with E-state index in [2.05, 4.69) is 25.9 Å². The lowest BCUT2D eigenvalue weighted by Crippen LogP contribution is -2.12. The summed E-state index contributed by atoms with van der Waals surface area (Å²) in [5, 5.41) is 16.6.